The highest BCUT2D eigenvalue weighted by molar-refractivity contribution is 5.79. The third kappa shape index (κ3) is 2.86. The molecule has 3 N–H and O–H groups in total. The number of piperidine rings is 1. The molecular weight excluding hydrogens is 226 g/mol. The number of carbonyl (C=O) groups is 1. The van der Waals surface area contributed by atoms with E-state index in [4.69, 9.17) is 5.73 Å². The number of amides is 1. The van der Waals surface area contributed by atoms with E-state index < -0.39 is 0 Å². The zero-order valence-electron chi connectivity index (χ0n) is 11.9. The van der Waals surface area contributed by atoms with Crippen LogP contribution in [0.3, 0.4) is 0 Å². The van der Waals surface area contributed by atoms with Crippen LogP contribution in [-0.2, 0) is 4.79 Å². The number of primary amides is 1. The number of nitrogens with one attached hydrogen (secondary N) is 1. The van der Waals surface area contributed by atoms with Crippen LogP contribution in [0.2, 0.25) is 0 Å². The highest BCUT2D eigenvalue weighted by atomic mass is 16.1. The fourth-order valence-electron chi connectivity index (χ4n) is 3.54. The van der Waals surface area contributed by atoms with Gasteiger partial charge in [0.25, 0.3) is 0 Å². The highest BCUT2D eigenvalue weighted by Gasteiger charge is 2.40. The van der Waals surface area contributed by atoms with Crippen LogP contribution in [0.4, 0.5) is 0 Å². The van der Waals surface area contributed by atoms with Gasteiger partial charge in [-0.25, -0.2) is 0 Å². The van der Waals surface area contributed by atoms with E-state index in [1.807, 2.05) is 6.92 Å². The van der Waals surface area contributed by atoms with E-state index >= 15 is 0 Å². The van der Waals surface area contributed by atoms with Gasteiger partial charge in [0.15, 0.2) is 0 Å². The van der Waals surface area contributed by atoms with Gasteiger partial charge in [0.2, 0.25) is 5.91 Å². The molecule has 0 spiro atoms. The summed E-state index contributed by atoms with van der Waals surface area (Å²) < 4.78 is 0. The molecule has 104 valence electrons. The van der Waals surface area contributed by atoms with Crippen LogP contribution in [-0.4, -0.2) is 42.0 Å². The lowest BCUT2D eigenvalue weighted by atomic mass is 9.73. The Morgan fingerprint density at radius 2 is 1.78 bits per heavy atom. The summed E-state index contributed by atoms with van der Waals surface area (Å²) in [6.45, 7) is 8.76. The summed E-state index contributed by atoms with van der Waals surface area (Å²) >= 11 is 0. The van der Waals surface area contributed by atoms with Crippen molar-refractivity contribution in [2.24, 2.45) is 17.6 Å². The zero-order chi connectivity index (χ0) is 13.3. The maximum atomic E-state index is 11.2. The van der Waals surface area contributed by atoms with E-state index in [2.05, 4.69) is 24.1 Å². The first kappa shape index (κ1) is 13.8. The predicted molar refractivity (Wildman–Crippen MR) is 73.1 cm³/mol. The van der Waals surface area contributed by atoms with Gasteiger partial charge in [-0.2, -0.15) is 0 Å². The minimum absolute atomic E-state index is 0.205. The van der Waals surface area contributed by atoms with Gasteiger partial charge < -0.3 is 16.0 Å². The number of nitrogens with two attached hydrogens (primary N) is 1. The van der Waals surface area contributed by atoms with E-state index in [0.717, 1.165) is 13.1 Å². The Balaban J connectivity index is 2.02. The molecule has 2 bridgehead atoms. The van der Waals surface area contributed by atoms with Crippen molar-refractivity contribution in [2.45, 2.75) is 58.2 Å². The Morgan fingerprint density at radius 3 is 2.22 bits per heavy atom. The molecular formula is C14H27N3O. The number of hydrogen-bond donors (Lipinski definition) is 2. The van der Waals surface area contributed by atoms with Crippen LogP contribution in [0.25, 0.3) is 0 Å². The number of carbonyl (C=O) groups excluding carboxylic acids is 1. The smallest absolute Gasteiger partial charge is 0.234 e. The number of hydrogen-bond acceptors (Lipinski definition) is 3. The van der Waals surface area contributed by atoms with Crippen molar-refractivity contribution in [3.05, 3.63) is 0 Å². The van der Waals surface area contributed by atoms with Crippen molar-refractivity contribution in [1.29, 1.82) is 0 Å². The second kappa shape index (κ2) is 5.57. The topological polar surface area (TPSA) is 58.4 Å². The molecule has 1 heterocycles. The van der Waals surface area contributed by atoms with E-state index in [9.17, 15) is 4.79 Å². The van der Waals surface area contributed by atoms with Crippen LogP contribution in [0.15, 0.2) is 0 Å². The molecule has 1 saturated heterocycles. The maximum absolute atomic E-state index is 11.2. The molecule has 1 amide bonds. The van der Waals surface area contributed by atoms with Crippen LogP contribution in [0, 0.1) is 11.8 Å². The SMILES string of the molecule is CC(NC1C2CCCC1CN(C(C)C)C2)C(N)=O. The first-order chi connectivity index (χ1) is 8.49. The second-order valence-electron chi connectivity index (χ2n) is 6.32. The molecule has 18 heavy (non-hydrogen) atoms. The van der Waals surface area contributed by atoms with Crippen molar-refractivity contribution >= 4 is 5.91 Å². The predicted octanol–water partition coefficient (Wildman–Crippen LogP) is 0.959. The van der Waals surface area contributed by atoms with Gasteiger partial charge in [-0.15, -0.1) is 0 Å². The Labute approximate surface area is 110 Å². The standard InChI is InChI=1S/C14H27N3O/c1-9(2)17-7-11-5-4-6-12(8-17)13(11)16-10(3)14(15)18/h9-13,16H,4-8H2,1-3H3,(H2,15,18). The summed E-state index contributed by atoms with van der Waals surface area (Å²) in [6, 6.07) is 0.905. The van der Waals surface area contributed by atoms with Gasteiger partial charge in [0.05, 0.1) is 6.04 Å². The largest absolute Gasteiger partial charge is 0.368 e. The second-order valence-corrected chi connectivity index (χ2v) is 6.32. The van der Waals surface area contributed by atoms with Gasteiger partial charge in [0.1, 0.15) is 0 Å². The Morgan fingerprint density at radius 1 is 1.22 bits per heavy atom. The summed E-state index contributed by atoms with van der Waals surface area (Å²) in [6.07, 6.45) is 3.90. The van der Waals surface area contributed by atoms with E-state index in [-0.39, 0.29) is 11.9 Å². The van der Waals surface area contributed by atoms with Gasteiger partial charge in [-0.05, 0) is 45.4 Å². The minimum atomic E-state index is -0.237. The minimum Gasteiger partial charge on any atom is -0.368 e. The maximum Gasteiger partial charge on any atom is 0.234 e. The first-order valence-corrected chi connectivity index (χ1v) is 7.28. The number of likely N-dealkylation sites (tertiary alicyclic amines) is 1. The van der Waals surface area contributed by atoms with E-state index in [1.165, 1.54) is 19.3 Å². The molecule has 2 aliphatic rings. The van der Waals surface area contributed by atoms with Crippen molar-refractivity contribution in [3.8, 4) is 0 Å². The van der Waals surface area contributed by atoms with Crippen LogP contribution >= 0.6 is 0 Å². The fourth-order valence-corrected chi connectivity index (χ4v) is 3.54. The molecule has 2 fully saturated rings. The molecule has 4 nitrogen and oxygen atoms in total. The summed E-state index contributed by atoms with van der Waals surface area (Å²) in [5, 5.41) is 3.48. The van der Waals surface area contributed by atoms with Gasteiger partial charge in [-0.1, -0.05) is 6.42 Å². The van der Waals surface area contributed by atoms with Gasteiger partial charge in [-0.3, -0.25) is 4.79 Å². The molecule has 0 aromatic rings. The van der Waals surface area contributed by atoms with Crippen molar-refractivity contribution in [1.82, 2.24) is 10.2 Å². The molecule has 4 heteroatoms. The lowest BCUT2D eigenvalue weighted by Crippen LogP contribution is -2.61. The highest BCUT2D eigenvalue weighted by Crippen LogP contribution is 2.35. The van der Waals surface area contributed by atoms with Crippen molar-refractivity contribution in [2.75, 3.05) is 13.1 Å². The molecule has 3 atom stereocenters. The number of fused-ring (bicyclic) bond motifs is 2. The summed E-state index contributed by atoms with van der Waals surface area (Å²) in [7, 11) is 0. The van der Waals surface area contributed by atoms with Crippen molar-refractivity contribution in [3.63, 3.8) is 0 Å². The molecule has 1 aliphatic carbocycles. The van der Waals surface area contributed by atoms with Gasteiger partial charge >= 0.3 is 0 Å². The normalized spacial score (nSPS) is 34.6. The lowest BCUT2D eigenvalue weighted by Gasteiger charge is -2.49. The average molecular weight is 253 g/mol. The third-order valence-corrected chi connectivity index (χ3v) is 4.70. The van der Waals surface area contributed by atoms with E-state index in [1.54, 1.807) is 0 Å². The fraction of sp³-hybridized carbons (Fsp3) is 0.929. The van der Waals surface area contributed by atoms with E-state index in [0.29, 0.717) is 23.9 Å². The Kier molecular flexibility index (Phi) is 4.28. The number of rotatable bonds is 4. The molecule has 0 aromatic heterocycles. The van der Waals surface area contributed by atoms with Gasteiger partial charge in [0, 0.05) is 25.2 Å². The molecule has 0 radical (unpaired) electrons. The monoisotopic (exact) mass is 253 g/mol. The average Bonchev–Trinajstić information content (AvgIpc) is 2.27. The molecule has 2 rings (SSSR count). The van der Waals surface area contributed by atoms with Crippen molar-refractivity contribution < 1.29 is 4.79 Å². The summed E-state index contributed by atoms with van der Waals surface area (Å²) in [5.41, 5.74) is 5.37. The number of nitrogens with zero attached hydrogens (tertiary/aromatic N) is 1. The molecule has 3 unspecified atom stereocenters. The molecule has 0 aromatic carbocycles. The Bertz CT molecular complexity index is 291. The van der Waals surface area contributed by atoms with Crippen LogP contribution < -0.4 is 11.1 Å². The summed E-state index contributed by atoms with van der Waals surface area (Å²) in [4.78, 5) is 13.8. The lowest BCUT2D eigenvalue weighted by molar-refractivity contribution is -0.120. The third-order valence-electron chi connectivity index (χ3n) is 4.70. The zero-order valence-corrected chi connectivity index (χ0v) is 11.9. The van der Waals surface area contributed by atoms with Crippen LogP contribution in [0.5, 0.6) is 0 Å². The summed E-state index contributed by atoms with van der Waals surface area (Å²) in [5.74, 6) is 1.13. The molecule has 1 saturated carbocycles. The Hall–Kier alpha value is -0.610. The first-order valence-electron chi connectivity index (χ1n) is 7.28. The quantitative estimate of drug-likeness (QED) is 0.784. The van der Waals surface area contributed by atoms with Crippen LogP contribution in [0.1, 0.15) is 40.0 Å². The molecule has 1 aliphatic heterocycles.